The second-order valence-corrected chi connectivity index (χ2v) is 4.92. The third-order valence-corrected chi connectivity index (χ3v) is 3.36. The zero-order chi connectivity index (χ0) is 14.5. The SMILES string of the molecule is CCCCC(N)C(=O)Nc1cccc2c(O)cccc12. The number of carbonyl (C=O) groups is 1. The first kappa shape index (κ1) is 14.3. The summed E-state index contributed by atoms with van der Waals surface area (Å²) in [7, 11) is 0. The maximum atomic E-state index is 12.0. The molecule has 2 aromatic rings. The van der Waals surface area contributed by atoms with E-state index in [4.69, 9.17) is 5.73 Å². The highest BCUT2D eigenvalue weighted by Gasteiger charge is 2.14. The summed E-state index contributed by atoms with van der Waals surface area (Å²) in [5.74, 6) is 0.0168. The molecular formula is C16H20N2O2. The molecule has 2 rings (SSSR count). The van der Waals surface area contributed by atoms with E-state index in [0.717, 1.165) is 18.2 Å². The number of benzene rings is 2. The Morgan fingerprint density at radius 1 is 1.25 bits per heavy atom. The number of nitrogens with two attached hydrogens (primary N) is 1. The van der Waals surface area contributed by atoms with Crippen molar-refractivity contribution < 1.29 is 9.90 Å². The van der Waals surface area contributed by atoms with Crippen molar-refractivity contribution in [2.75, 3.05) is 5.32 Å². The van der Waals surface area contributed by atoms with E-state index in [1.807, 2.05) is 18.2 Å². The molecule has 4 nitrogen and oxygen atoms in total. The summed E-state index contributed by atoms with van der Waals surface area (Å²) in [6, 6.07) is 10.2. The molecule has 4 heteroatoms. The Hall–Kier alpha value is -2.07. The number of nitrogens with one attached hydrogen (secondary N) is 1. The lowest BCUT2D eigenvalue weighted by atomic mass is 10.1. The smallest absolute Gasteiger partial charge is 0.241 e. The van der Waals surface area contributed by atoms with Crippen molar-refractivity contribution in [3.05, 3.63) is 36.4 Å². The number of hydrogen-bond acceptors (Lipinski definition) is 3. The lowest BCUT2D eigenvalue weighted by molar-refractivity contribution is -0.117. The van der Waals surface area contributed by atoms with Gasteiger partial charge in [0.25, 0.3) is 0 Å². The first-order valence-electron chi connectivity index (χ1n) is 6.90. The van der Waals surface area contributed by atoms with Crippen molar-refractivity contribution in [3.63, 3.8) is 0 Å². The van der Waals surface area contributed by atoms with Crippen LogP contribution in [0.2, 0.25) is 0 Å². The molecule has 0 saturated carbocycles. The minimum atomic E-state index is -0.498. The van der Waals surface area contributed by atoms with Crippen molar-refractivity contribution in [2.45, 2.75) is 32.2 Å². The number of fused-ring (bicyclic) bond motifs is 1. The van der Waals surface area contributed by atoms with Gasteiger partial charge in [-0.25, -0.2) is 0 Å². The molecule has 4 N–H and O–H groups in total. The molecule has 0 aliphatic rings. The number of aromatic hydroxyl groups is 1. The fourth-order valence-electron chi connectivity index (χ4n) is 2.18. The van der Waals surface area contributed by atoms with E-state index in [-0.39, 0.29) is 11.7 Å². The van der Waals surface area contributed by atoms with Gasteiger partial charge in [-0.05, 0) is 18.6 Å². The third kappa shape index (κ3) is 3.08. The van der Waals surface area contributed by atoms with Crippen LogP contribution in [0.4, 0.5) is 5.69 Å². The quantitative estimate of drug-likeness (QED) is 0.783. The summed E-state index contributed by atoms with van der Waals surface area (Å²) in [6.45, 7) is 2.07. The monoisotopic (exact) mass is 272 g/mol. The normalized spacial score (nSPS) is 12.3. The molecule has 1 unspecified atom stereocenters. The number of anilines is 1. The average molecular weight is 272 g/mol. The van der Waals surface area contributed by atoms with Crippen LogP contribution in [-0.4, -0.2) is 17.1 Å². The van der Waals surface area contributed by atoms with Crippen LogP contribution < -0.4 is 11.1 Å². The maximum absolute atomic E-state index is 12.0. The van der Waals surface area contributed by atoms with E-state index >= 15 is 0 Å². The van der Waals surface area contributed by atoms with E-state index < -0.39 is 6.04 Å². The molecule has 0 heterocycles. The highest BCUT2D eigenvalue weighted by Crippen LogP contribution is 2.29. The molecule has 0 fully saturated rings. The van der Waals surface area contributed by atoms with E-state index in [1.54, 1.807) is 18.2 Å². The molecule has 0 aromatic heterocycles. The van der Waals surface area contributed by atoms with Crippen LogP contribution in [-0.2, 0) is 4.79 Å². The Balaban J connectivity index is 2.22. The van der Waals surface area contributed by atoms with Gasteiger partial charge in [0.2, 0.25) is 5.91 Å². The number of phenols is 1. The lowest BCUT2D eigenvalue weighted by Gasteiger charge is -2.13. The van der Waals surface area contributed by atoms with E-state index in [1.165, 1.54) is 0 Å². The van der Waals surface area contributed by atoms with Crippen LogP contribution in [0.1, 0.15) is 26.2 Å². The van der Waals surface area contributed by atoms with Crippen LogP contribution in [0, 0.1) is 0 Å². The predicted octanol–water partition coefficient (Wildman–Crippen LogP) is 3.00. The van der Waals surface area contributed by atoms with Crippen LogP contribution in [0.5, 0.6) is 5.75 Å². The standard InChI is InChI=1S/C16H20N2O2/c1-2-3-8-13(17)16(20)18-14-9-4-7-12-11(14)6-5-10-15(12)19/h4-7,9-10,13,19H,2-3,8,17H2,1H3,(H,18,20). The van der Waals surface area contributed by atoms with E-state index in [2.05, 4.69) is 12.2 Å². The largest absolute Gasteiger partial charge is 0.507 e. The molecule has 1 amide bonds. The predicted molar refractivity (Wildman–Crippen MR) is 81.7 cm³/mol. The third-order valence-electron chi connectivity index (χ3n) is 3.36. The Labute approximate surface area is 118 Å². The van der Waals surface area contributed by atoms with Crippen molar-refractivity contribution in [3.8, 4) is 5.75 Å². The summed E-state index contributed by atoms with van der Waals surface area (Å²) in [5, 5.41) is 14.2. The number of phenolic OH excluding ortho intramolecular Hbond substituents is 1. The average Bonchev–Trinajstić information content (AvgIpc) is 2.45. The van der Waals surface area contributed by atoms with Gasteiger partial charge in [0.15, 0.2) is 0 Å². The first-order valence-corrected chi connectivity index (χ1v) is 6.90. The molecular weight excluding hydrogens is 252 g/mol. The van der Waals surface area contributed by atoms with Gasteiger partial charge in [-0.1, -0.05) is 44.0 Å². The number of carbonyl (C=O) groups excluding carboxylic acids is 1. The fraction of sp³-hybridized carbons (Fsp3) is 0.312. The van der Waals surface area contributed by atoms with Gasteiger partial charge in [0.05, 0.1) is 6.04 Å². The Morgan fingerprint density at radius 2 is 1.95 bits per heavy atom. The molecule has 2 aromatic carbocycles. The minimum Gasteiger partial charge on any atom is -0.507 e. The Kier molecular flexibility index (Phi) is 4.58. The number of rotatable bonds is 5. The molecule has 0 radical (unpaired) electrons. The summed E-state index contributed by atoms with van der Waals surface area (Å²) >= 11 is 0. The van der Waals surface area contributed by atoms with Crippen LogP contribution in [0.25, 0.3) is 10.8 Å². The summed E-state index contributed by atoms with van der Waals surface area (Å²) in [4.78, 5) is 12.0. The lowest BCUT2D eigenvalue weighted by Crippen LogP contribution is -2.35. The molecule has 0 aliphatic carbocycles. The van der Waals surface area contributed by atoms with Crippen LogP contribution in [0.15, 0.2) is 36.4 Å². The second kappa shape index (κ2) is 6.39. The van der Waals surface area contributed by atoms with Gasteiger partial charge < -0.3 is 16.2 Å². The minimum absolute atomic E-state index is 0.186. The maximum Gasteiger partial charge on any atom is 0.241 e. The molecule has 1 atom stereocenters. The molecule has 20 heavy (non-hydrogen) atoms. The fourth-order valence-corrected chi connectivity index (χ4v) is 2.18. The second-order valence-electron chi connectivity index (χ2n) is 4.92. The first-order chi connectivity index (χ1) is 9.63. The van der Waals surface area contributed by atoms with E-state index in [0.29, 0.717) is 17.5 Å². The van der Waals surface area contributed by atoms with Crippen molar-refractivity contribution in [2.24, 2.45) is 5.73 Å². The number of hydrogen-bond donors (Lipinski definition) is 3. The van der Waals surface area contributed by atoms with Crippen LogP contribution >= 0.6 is 0 Å². The van der Waals surface area contributed by atoms with Crippen molar-refractivity contribution in [1.29, 1.82) is 0 Å². The van der Waals surface area contributed by atoms with Crippen molar-refractivity contribution >= 4 is 22.4 Å². The zero-order valence-corrected chi connectivity index (χ0v) is 11.6. The summed E-state index contributed by atoms with van der Waals surface area (Å²) < 4.78 is 0. The van der Waals surface area contributed by atoms with Gasteiger partial charge in [-0.2, -0.15) is 0 Å². The Morgan fingerprint density at radius 3 is 2.70 bits per heavy atom. The number of amides is 1. The van der Waals surface area contributed by atoms with Crippen LogP contribution in [0.3, 0.4) is 0 Å². The summed E-state index contributed by atoms with van der Waals surface area (Å²) in [5.41, 5.74) is 6.54. The van der Waals surface area contributed by atoms with Gasteiger partial charge in [0.1, 0.15) is 5.75 Å². The Bertz CT molecular complexity index is 610. The van der Waals surface area contributed by atoms with Crippen molar-refractivity contribution in [1.82, 2.24) is 0 Å². The van der Waals surface area contributed by atoms with Gasteiger partial charge >= 0.3 is 0 Å². The molecule has 0 spiro atoms. The molecule has 0 aliphatic heterocycles. The van der Waals surface area contributed by atoms with Gasteiger partial charge in [-0.3, -0.25) is 4.79 Å². The molecule has 106 valence electrons. The van der Waals surface area contributed by atoms with Gasteiger partial charge in [-0.15, -0.1) is 0 Å². The van der Waals surface area contributed by atoms with Gasteiger partial charge in [0, 0.05) is 16.5 Å². The number of unbranched alkanes of at least 4 members (excludes halogenated alkanes) is 1. The topological polar surface area (TPSA) is 75.4 Å². The molecule has 0 bridgehead atoms. The zero-order valence-electron chi connectivity index (χ0n) is 11.6. The molecule has 0 saturated heterocycles. The summed E-state index contributed by atoms with van der Waals surface area (Å²) in [6.07, 6.45) is 2.63. The highest BCUT2D eigenvalue weighted by atomic mass is 16.3. The highest BCUT2D eigenvalue weighted by molar-refractivity contribution is 6.05. The van der Waals surface area contributed by atoms with E-state index in [9.17, 15) is 9.90 Å².